The Morgan fingerprint density at radius 2 is 1.88 bits per heavy atom. The molecular formula is C26H26N2O6. The molecule has 1 atom stereocenters. The fourth-order valence-corrected chi connectivity index (χ4v) is 3.87. The van der Waals surface area contributed by atoms with E-state index in [-0.39, 0.29) is 37.4 Å². The molecule has 0 aliphatic carbocycles. The second-order valence-corrected chi connectivity index (χ2v) is 8.24. The highest BCUT2D eigenvalue weighted by Crippen LogP contribution is 2.34. The summed E-state index contributed by atoms with van der Waals surface area (Å²) < 4.78 is 16.5. The van der Waals surface area contributed by atoms with Crippen molar-refractivity contribution in [3.05, 3.63) is 77.2 Å². The van der Waals surface area contributed by atoms with Gasteiger partial charge in [-0.25, -0.2) is 0 Å². The maximum Gasteiger partial charge on any atom is 0.265 e. The van der Waals surface area contributed by atoms with Gasteiger partial charge < -0.3 is 19.2 Å². The van der Waals surface area contributed by atoms with Crippen molar-refractivity contribution in [1.82, 2.24) is 5.32 Å². The zero-order valence-corrected chi connectivity index (χ0v) is 19.3. The van der Waals surface area contributed by atoms with Crippen LogP contribution in [0.1, 0.15) is 34.2 Å². The Morgan fingerprint density at radius 3 is 2.59 bits per heavy atom. The van der Waals surface area contributed by atoms with Crippen LogP contribution in [0.5, 0.6) is 11.5 Å². The Labute approximate surface area is 197 Å². The highest BCUT2D eigenvalue weighted by Gasteiger charge is 2.33. The van der Waals surface area contributed by atoms with E-state index in [1.165, 1.54) is 11.2 Å². The molecule has 2 aromatic carbocycles. The molecule has 0 fully saturated rings. The van der Waals surface area contributed by atoms with Crippen LogP contribution in [-0.4, -0.2) is 36.9 Å². The van der Waals surface area contributed by atoms with Crippen LogP contribution in [0.2, 0.25) is 0 Å². The first-order valence-corrected chi connectivity index (χ1v) is 10.9. The van der Waals surface area contributed by atoms with Crippen LogP contribution >= 0.6 is 0 Å². The third-order valence-corrected chi connectivity index (χ3v) is 5.51. The van der Waals surface area contributed by atoms with Gasteiger partial charge in [-0.1, -0.05) is 6.07 Å². The lowest BCUT2D eigenvalue weighted by Crippen LogP contribution is -2.51. The van der Waals surface area contributed by atoms with E-state index >= 15 is 0 Å². The van der Waals surface area contributed by atoms with E-state index in [1.807, 2.05) is 32.0 Å². The minimum Gasteiger partial charge on any atom is -0.485 e. The molecule has 0 bridgehead atoms. The van der Waals surface area contributed by atoms with Crippen molar-refractivity contribution in [1.29, 1.82) is 0 Å². The molecule has 1 aromatic heterocycles. The van der Waals surface area contributed by atoms with Crippen LogP contribution in [0.4, 0.5) is 5.69 Å². The number of amides is 2. The fourth-order valence-electron chi connectivity index (χ4n) is 3.87. The predicted octanol–water partition coefficient (Wildman–Crippen LogP) is 3.59. The number of furan rings is 1. The monoisotopic (exact) mass is 462 g/mol. The lowest BCUT2D eigenvalue weighted by Gasteiger charge is -2.33. The number of hydrogen-bond acceptors (Lipinski definition) is 6. The zero-order chi connectivity index (χ0) is 24.2. The molecule has 2 heterocycles. The average molecular weight is 463 g/mol. The minimum atomic E-state index is -0.818. The molecule has 8 nitrogen and oxygen atoms in total. The highest BCUT2D eigenvalue weighted by molar-refractivity contribution is 6.05. The number of fused-ring (bicyclic) bond motifs is 1. The predicted molar refractivity (Wildman–Crippen MR) is 125 cm³/mol. The normalized spacial score (nSPS) is 13.6. The van der Waals surface area contributed by atoms with E-state index in [0.29, 0.717) is 28.5 Å². The molecule has 3 aromatic rings. The minimum absolute atomic E-state index is 0.157. The molecule has 0 saturated heterocycles. The van der Waals surface area contributed by atoms with E-state index in [4.69, 9.17) is 13.9 Å². The lowest BCUT2D eigenvalue weighted by molar-refractivity contribution is -0.127. The van der Waals surface area contributed by atoms with Crippen molar-refractivity contribution >= 4 is 23.3 Å². The van der Waals surface area contributed by atoms with Crippen LogP contribution in [0.3, 0.4) is 0 Å². The maximum atomic E-state index is 12.8. The van der Waals surface area contributed by atoms with E-state index in [0.717, 1.165) is 11.1 Å². The largest absolute Gasteiger partial charge is 0.485 e. The summed E-state index contributed by atoms with van der Waals surface area (Å²) in [6, 6.07) is 13.2. The van der Waals surface area contributed by atoms with Gasteiger partial charge in [0, 0.05) is 5.56 Å². The number of nitrogens with zero attached hydrogens (tertiary/aromatic N) is 1. The van der Waals surface area contributed by atoms with Crippen molar-refractivity contribution in [2.24, 2.45) is 0 Å². The number of anilines is 1. The third kappa shape index (κ3) is 5.11. The number of aryl methyl sites for hydroxylation is 2. The standard InChI is InChI=1S/C26H26N2O6/c1-16-9-17(2)11-21(10-16)33-14-23(29)19-6-7-24-22(12-19)28(25(30)15-34-24)18(3)26(31)27-13-20-5-4-8-32-20/h4-12,18H,13-15H2,1-3H3,(H,27,31). The van der Waals surface area contributed by atoms with Crippen LogP contribution in [0.15, 0.2) is 59.2 Å². The molecular weight excluding hydrogens is 436 g/mol. The Morgan fingerprint density at radius 1 is 1.12 bits per heavy atom. The van der Waals surface area contributed by atoms with Gasteiger partial charge in [-0.15, -0.1) is 0 Å². The molecule has 176 valence electrons. The van der Waals surface area contributed by atoms with Crippen LogP contribution in [-0.2, 0) is 16.1 Å². The average Bonchev–Trinajstić information content (AvgIpc) is 3.33. The molecule has 2 amide bonds. The van der Waals surface area contributed by atoms with Crippen LogP contribution in [0.25, 0.3) is 0 Å². The van der Waals surface area contributed by atoms with Gasteiger partial charge >= 0.3 is 0 Å². The SMILES string of the molecule is Cc1cc(C)cc(OCC(=O)c2ccc3c(c2)N(C(C)C(=O)NCc2ccco2)C(=O)CO3)c1. The summed E-state index contributed by atoms with van der Waals surface area (Å²) in [5.41, 5.74) is 2.81. The van der Waals surface area contributed by atoms with Gasteiger partial charge in [0.25, 0.3) is 5.91 Å². The van der Waals surface area contributed by atoms with Crippen molar-refractivity contribution in [2.45, 2.75) is 33.4 Å². The smallest absolute Gasteiger partial charge is 0.265 e. The third-order valence-electron chi connectivity index (χ3n) is 5.51. The molecule has 0 spiro atoms. The Bertz CT molecular complexity index is 1200. The summed E-state index contributed by atoms with van der Waals surface area (Å²) >= 11 is 0. The van der Waals surface area contributed by atoms with Crippen molar-refractivity contribution in [3.63, 3.8) is 0 Å². The summed E-state index contributed by atoms with van der Waals surface area (Å²) in [7, 11) is 0. The number of hydrogen-bond donors (Lipinski definition) is 1. The van der Waals surface area contributed by atoms with Crippen molar-refractivity contribution in [2.75, 3.05) is 18.1 Å². The Balaban J connectivity index is 1.49. The van der Waals surface area contributed by atoms with Crippen LogP contribution < -0.4 is 19.7 Å². The Kier molecular flexibility index (Phi) is 6.67. The second-order valence-electron chi connectivity index (χ2n) is 8.24. The number of carbonyl (C=O) groups excluding carboxylic acids is 3. The number of nitrogens with one attached hydrogen (secondary N) is 1. The van der Waals surface area contributed by atoms with Gasteiger partial charge in [0.2, 0.25) is 5.91 Å². The molecule has 0 saturated carbocycles. The van der Waals surface area contributed by atoms with Gasteiger partial charge in [-0.05, 0) is 74.4 Å². The van der Waals surface area contributed by atoms with Gasteiger partial charge in [-0.3, -0.25) is 19.3 Å². The van der Waals surface area contributed by atoms with Gasteiger partial charge in [0.15, 0.2) is 19.0 Å². The summed E-state index contributed by atoms with van der Waals surface area (Å²) in [4.78, 5) is 39.6. The van der Waals surface area contributed by atoms with E-state index in [1.54, 1.807) is 37.3 Å². The van der Waals surface area contributed by atoms with E-state index in [9.17, 15) is 14.4 Å². The number of carbonyl (C=O) groups is 3. The van der Waals surface area contributed by atoms with E-state index < -0.39 is 6.04 Å². The number of ketones is 1. The van der Waals surface area contributed by atoms with Crippen molar-refractivity contribution < 1.29 is 28.3 Å². The number of ether oxygens (including phenoxy) is 2. The Hall–Kier alpha value is -4.07. The molecule has 0 radical (unpaired) electrons. The molecule has 1 unspecified atom stereocenters. The first-order valence-electron chi connectivity index (χ1n) is 10.9. The summed E-state index contributed by atoms with van der Waals surface area (Å²) in [5.74, 6) is 0.667. The number of benzene rings is 2. The van der Waals surface area contributed by atoms with Crippen LogP contribution in [0, 0.1) is 13.8 Å². The quantitative estimate of drug-likeness (QED) is 0.514. The van der Waals surface area contributed by atoms with Gasteiger partial charge in [-0.2, -0.15) is 0 Å². The number of Topliss-reactive ketones (excluding diaryl/α,β-unsaturated/α-hetero) is 1. The van der Waals surface area contributed by atoms with Gasteiger partial charge in [0.05, 0.1) is 18.5 Å². The molecule has 1 N–H and O–H groups in total. The highest BCUT2D eigenvalue weighted by atomic mass is 16.5. The second kappa shape index (κ2) is 9.82. The molecule has 8 heteroatoms. The fraction of sp³-hybridized carbons (Fsp3) is 0.269. The molecule has 1 aliphatic heterocycles. The topological polar surface area (TPSA) is 98.1 Å². The molecule has 4 rings (SSSR count). The van der Waals surface area contributed by atoms with Crippen molar-refractivity contribution in [3.8, 4) is 11.5 Å². The first kappa shape index (κ1) is 23.1. The lowest BCUT2D eigenvalue weighted by atomic mass is 10.1. The first-order chi connectivity index (χ1) is 16.3. The zero-order valence-electron chi connectivity index (χ0n) is 19.3. The summed E-state index contributed by atoms with van der Waals surface area (Å²) in [6.07, 6.45) is 1.52. The molecule has 34 heavy (non-hydrogen) atoms. The van der Waals surface area contributed by atoms with E-state index in [2.05, 4.69) is 5.32 Å². The number of rotatable bonds is 8. The summed E-state index contributed by atoms with van der Waals surface area (Å²) in [6.45, 7) is 5.41. The van der Waals surface area contributed by atoms with Gasteiger partial charge in [0.1, 0.15) is 23.3 Å². The summed E-state index contributed by atoms with van der Waals surface area (Å²) in [5, 5.41) is 2.76. The molecule has 1 aliphatic rings. The maximum absolute atomic E-state index is 12.8.